The first kappa shape index (κ1) is 111. The number of carbonyl (C=O) groups is 11. The molecule has 0 aromatic heterocycles. The number of nitrogens with zero attached hydrogens (tertiary/aromatic N) is 1. The summed E-state index contributed by atoms with van der Waals surface area (Å²) in [7, 11) is 1.24. The van der Waals surface area contributed by atoms with Gasteiger partial charge in [0.1, 0.15) is 72.6 Å². The van der Waals surface area contributed by atoms with Crippen LogP contribution in [-0.2, 0) is 100 Å². The van der Waals surface area contributed by atoms with Gasteiger partial charge in [0.25, 0.3) is 0 Å². The molecule has 0 radical (unpaired) electrons. The highest BCUT2D eigenvalue weighted by molar-refractivity contribution is 5.79. The standard InChI is InChI=1S/C81H147N11O31/c1-53(2)121-49-57-44-58(99)45-92(57)69(107)28-14-12-10-8-7-9-11-13-27-68(106)91-81(50-115-41-29-65(103)85-35-21-32-82-62(100)24-15-18-38-118-78(90-56(5)98)77(113)72(108)59(46-93)114-6,51-116-42-30-66(104)86-36-22-33-83-63(101)25-16-19-39-119-79-70(88-54(3)96)75(111)73(109)60(47-94)122-79)52-117-43-31-67(105)87-37-23-34-84-64(102)26-17-20-40-120-80-71(89-55(4)97)76(112)74(110)61(48-95)123-80/h53,57-61,70-80,93-95,99,108-113H,7-52H2,1-6H3,(H,82,100)(H,83,101)(H,84,102)(H,85,103)(H,86,104)(H,87,105)(H,88,96)(H,89,97)(H,90,98)(H,91,106)/t57-,58+,59?,60?,61?,70?,71?,72?,73?,74?,75?,76?,77?,78+,79?,80?,81?/m0/s1. The van der Waals surface area contributed by atoms with Crippen molar-refractivity contribution in [3.63, 3.8) is 0 Å². The van der Waals surface area contributed by atoms with E-state index in [0.717, 1.165) is 44.9 Å². The lowest BCUT2D eigenvalue weighted by Gasteiger charge is -2.42. The molecule has 3 fully saturated rings. The Hall–Kier alpha value is -6.63. The number of carbonyl (C=O) groups excluding carboxylic acids is 11. The summed E-state index contributed by atoms with van der Waals surface area (Å²) in [6.07, 6.45) is -5.80. The van der Waals surface area contributed by atoms with Crippen molar-refractivity contribution in [1.82, 2.24) is 58.1 Å². The predicted octanol–water partition coefficient (Wildman–Crippen LogP) is -4.14. The minimum absolute atomic E-state index is 0.00793. The van der Waals surface area contributed by atoms with Gasteiger partial charge < -0.3 is 157 Å². The molecule has 11 amide bonds. The molecule has 0 aromatic rings. The molecule has 0 spiro atoms. The first-order valence-corrected chi connectivity index (χ1v) is 43.5. The molecule has 0 aliphatic carbocycles. The second kappa shape index (κ2) is 65.0. The second-order valence-electron chi connectivity index (χ2n) is 31.6. The molecule has 20 N–H and O–H groups in total. The maximum atomic E-state index is 14.1. The molecule has 0 bridgehead atoms. The fourth-order valence-electron chi connectivity index (χ4n) is 13.6. The number of unbranched alkanes of at least 4 members (excludes halogenated alkanes) is 10. The lowest BCUT2D eigenvalue weighted by Crippen LogP contribution is -2.64. The molecule has 3 heterocycles. The predicted molar refractivity (Wildman–Crippen MR) is 440 cm³/mol. The van der Waals surface area contributed by atoms with E-state index in [1.807, 2.05) is 13.8 Å². The molecule has 42 heteroatoms. The number of methoxy groups -OCH3 is 1. The minimum Gasteiger partial charge on any atom is -0.394 e. The van der Waals surface area contributed by atoms with E-state index in [4.69, 9.17) is 47.4 Å². The van der Waals surface area contributed by atoms with E-state index in [1.54, 1.807) is 4.90 Å². The van der Waals surface area contributed by atoms with Crippen molar-refractivity contribution in [2.75, 3.05) is 139 Å². The van der Waals surface area contributed by atoms with Gasteiger partial charge in [-0.3, -0.25) is 52.7 Å². The van der Waals surface area contributed by atoms with E-state index < -0.39 is 135 Å². The molecule has 0 aromatic carbocycles. The Labute approximate surface area is 721 Å². The Morgan fingerprint density at radius 1 is 0.439 bits per heavy atom. The molecule has 42 nitrogen and oxygen atoms in total. The van der Waals surface area contributed by atoms with Crippen LogP contribution in [0.4, 0.5) is 0 Å². The van der Waals surface area contributed by atoms with Gasteiger partial charge in [-0.25, -0.2) is 0 Å². The Bertz CT molecular complexity index is 2910. The van der Waals surface area contributed by atoms with Gasteiger partial charge in [0.15, 0.2) is 18.8 Å². The summed E-state index contributed by atoms with van der Waals surface area (Å²) in [6.45, 7) is 6.71. The highest BCUT2D eigenvalue weighted by Gasteiger charge is 2.47. The van der Waals surface area contributed by atoms with Crippen molar-refractivity contribution in [1.29, 1.82) is 0 Å². The maximum Gasteiger partial charge on any atom is 0.222 e. The summed E-state index contributed by atoms with van der Waals surface area (Å²) in [5.74, 6) is -3.81. The molecule has 3 rings (SSSR count). The van der Waals surface area contributed by atoms with E-state index in [2.05, 4.69) is 53.2 Å². The Kier molecular flexibility index (Phi) is 58.4. The molecule has 3 saturated heterocycles. The average molecular weight is 1770 g/mol. The van der Waals surface area contributed by atoms with Crippen LogP contribution in [0, 0.1) is 0 Å². The summed E-state index contributed by atoms with van der Waals surface area (Å²) >= 11 is 0. The smallest absolute Gasteiger partial charge is 0.222 e. The van der Waals surface area contributed by atoms with Crippen molar-refractivity contribution < 1.29 is 151 Å². The number of β-amino-alcohol motifs (C(OH)–C–C–N with tert-alkyl or cyclic N) is 1. The summed E-state index contributed by atoms with van der Waals surface area (Å²) in [5.41, 5.74) is -1.44. The molecule has 3 aliphatic heterocycles. The van der Waals surface area contributed by atoms with Crippen LogP contribution < -0.4 is 53.2 Å². The van der Waals surface area contributed by atoms with Crippen molar-refractivity contribution in [3.05, 3.63) is 0 Å². The molecule has 712 valence electrons. The quantitative estimate of drug-likeness (QED) is 0.0203. The van der Waals surface area contributed by atoms with Crippen LogP contribution >= 0.6 is 0 Å². The van der Waals surface area contributed by atoms with E-state index in [-0.39, 0.29) is 203 Å². The van der Waals surface area contributed by atoms with Gasteiger partial charge in [-0.2, -0.15) is 0 Å². The van der Waals surface area contributed by atoms with Gasteiger partial charge in [-0.05, 0) is 90.9 Å². The summed E-state index contributed by atoms with van der Waals surface area (Å²) in [6, 6.07) is -2.34. The van der Waals surface area contributed by atoms with Gasteiger partial charge >= 0.3 is 0 Å². The van der Waals surface area contributed by atoms with Crippen LogP contribution in [0.5, 0.6) is 0 Å². The SMILES string of the molecule is COC(CO)C(O)C(O)[C@H](NC(C)=O)OCCCCC(=O)NCCCNC(=O)CCOCC(COCCC(=O)NCCCNC(=O)CCCCOC1OC(CO)C(O)C(O)C1NC(C)=O)(COCCC(=O)NCCCNC(=O)CCCCOC1OC(CO)C(O)C(O)C1NC(C)=O)NC(=O)CCCCCCCCCCC(=O)N1C[C@H](O)C[C@H]1COC(C)C. The fraction of sp³-hybridized carbons (Fsp3) is 0.864. The molecular formula is C81H147N11O31. The topological polar surface area (TPSA) is 606 Å². The third-order valence-electron chi connectivity index (χ3n) is 20.5. The lowest BCUT2D eigenvalue weighted by atomic mass is 9.97. The van der Waals surface area contributed by atoms with E-state index in [1.165, 1.54) is 27.9 Å². The Morgan fingerprint density at radius 2 is 0.813 bits per heavy atom. The monoisotopic (exact) mass is 1770 g/mol. The zero-order chi connectivity index (χ0) is 90.9. The minimum atomic E-state index is -1.64. The Morgan fingerprint density at radius 3 is 1.19 bits per heavy atom. The highest BCUT2D eigenvalue weighted by atomic mass is 16.7. The number of aliphatic hydroxyl groups is 10. The van der Waals surface area contributed by atoms with Crippen molar-refractivity contribution in [3.8, 4) is 0 Å². The third kappa shape index (κ3) is 47.7. The highest BCUT2D eigenvalue weighted by Crippen LogP contribution is 2.26. The first-order chi connectivity index (χ1) is 58.9. The van der Waals surface area contributed by atoms with Crippen molar-refractivity contribution in [2.45, 2.75) is 311 Å². The van der Waals surface area contributed by atoms with Gasteiger partial charge in [0, 0.05) is 145 Å². The van der Waals surface area contributed by atoms with Crippen molar-refractivity contribution >= 4 is 65.0 Å². The zero-order valence-corrected chi connectivity index (χ0v) is 72.8. The average Bonchev–Trinajstić information content (AvgIpc) is 1.62. The van der Waals surface area contributed by atoms with Crippen LogP contribution in [0.1, 0.15) is 202 Å². The van der Waals surface area contributed by atoms with Crippen molar-refractivity contribution in [2.24, 2.45) is 0 Å². The molecule has 123 heavy (non-hydrogen) atoms. The van der Waals surface area contributed by atoms with E-state index >= 15 is 0 Å². The molecule has 0 saturated carbocycles. The first-order valence-electron chi connectivity index (χ1n) is 43.5. The number of hydrogen-bond donors (Lipinski definition) is 20. The normalized spacial score (nSPS) is 22.3. The number of nitrogens with one attached hydrogen (secondary N) is 10. The van der Waals surface area contributed by atoms with Crippen LogP contribution in [0.3, 0.4) is 0 Å². The van der Waals surface area contributed by atoms with E-state index in [9.17, 15) is 104 Å². The van der Waals surface area contributed by atoms with Gasteiger partial charge in [-0.1, -0.05) is 38.5 Å². The zero-order valence-electron chi connectivity index (χ0n) is 72.8. The fourth-order valence-corrected chi connectivity index (χ4v) is 13.6. The molecule has 13 unspecified atom stereocenters. The largest absolute Gasteiger partial charge is 0.394 e. The number of hydrogen-bond acceptors (Lipinski definition) is 31. The Balaban J connectivity index is 1.61. The lowest BCUT2D eigenvalue weighted by molar-refractivity contribution is -0.270. The number of likely N-dealkylation sites (tertiary alicyclic amines) is 1. The molecule has 16 atom stereocenters. The van der Waals surface area contributed by atoms with Gasteiger partial charge in [0.05, 0.1) is 84.3 Å². The summed E-state index contributed by atoms with van der Waals surface area (Å²) in [5, 5.41) is 129. The number of aliphatic hydroxyl groups excluding tert-OH is 10. The number of rotatable bonds is 70. The summed E-state index contributed by atoms with van der Waals surface area (Å²) < 4.78 is 57.3. The molecule has 3 aliphatic rings. The second-order valence-corrected chi connectivity index (χ2v) is 31.6. The summed E-state index contributed by atoms with van der Waals surface area (Å²) in [4.78, 5) is 142. The maximum absolute atomic E-state index is 14.1. The van der Waals surface area contributed by atoms with Gasteiger partial charge in [-0.15, -0.1) is 0 Å². The third-order valence-corrected chi connectivity index (χ3v) is 20.5. The van der Waals surface area contributed by atoms with Crippen LogP contribution in [0.15, 0.2) is 0 Å². The van der Waals surface area contributed by atoms with Gasteiger partial charge in [0.2, 0.25) is 65.0 Å². The van der Waals surface area contributed by atoms with Crippen LogP contribution in [-0.4, -0.2) is 369 Å². The van der Waals surface area contributed by atoms with Crippen LogP contribution in [0.25, 0.3) is 0 Å². The number of amides is 11. The number of ether oxygens (including phenoxy) is 10. The molecular weight excluding hydrogens is 1620 g/mol. The van der Waals surface area contributed by atoms with Crippen LogP contribution in [0.2, 0.25) is 0 Å². The van der Waals surface area contributed by atoms with E-state index in [0.29, 0.717) is 90.2 Å².